The molecule has 0 bridgehead atoms. The number of piperidine rings is 1. The maximum absolute atomic E-state index is 11.9. The summed E-state index contributed by atoms with van der Waals surface area (Å²) < 4.78 is 26.4. The predicted octanol–water partition coefficient (Wildman–Crippen LogP) is 0.355. The minimum absolute atomic E-state index is 0.0217. The number of hydrogen-bond donors (Lipinski definition) is 1. The topological polar surface area (TPSA) is 73.2 Å². The first-order valence-corrected chi connectivity index (χ1v) is 6.71. The fraction of sp³-hybridized carbons (Fsp3) is 0.889. The molecule has 0 radical (unpaired) electrons. The van der Waals surface area contributed by atoms with Gasteiger partial charge in [0, 0.05) is 39.5 Å². The number of hydrogen-bond acceptors (Lipinski definition) is 4. The van der Waals surface area contributed by atoms with Crippen molar-refractivity contribution >= 4 is 15.9 Å². The van der Waals surface area contributed by atoms with Gasteiger partial charge in [0.15, 0.2) is 0 Å². The Hall–Kier alpha value is -0.660. The van der Waals surface area contributed by atoms with Gasteiger partial charge in [0.1, 0.15) is 0 Å². The number of rotatable bonds is 3. The van der Waals surface area contributed by atoms with Crippen LogP contribution in [0.1, 0.15) is 19.8 Å². The van der Waals surface area contributed by atoms with Crippen LogP contribution in [0.4, 0.5) is 0 Å². The molecule has 7 heteroatoms. The molecule has 0 aromatic carbocycles. The summed E-state index contributed by atoms with van der Waals surface area (Å²) in [6, 6.07) is 0. The second-order valence-corrected chi connectivity index (χ2v) is 6.24. The van der Waals surface area contributed by atoms with E-state index >= 15 is 0 Å². The molecule has 1 heterocycles. The molecule has 0 saturated carbocycles. The van der Waals surface area contributed by atoms with E-state index in [4.69, 9.17) is 5.21 Å². The summed E-state index contributed by atoms with van der Waals surface area (Å²) >= 11 is 0. The van der Waals surface area contributed by atoms with Crippen LogP contribution in [0.2, 0.25) is 0 Å². The zero-order chi connectivity index (χ0) is 12.3. The van der Waals surface area contributed by atoms with Crippen LogP contribution in [-0.2, 0) is 10.2 Å². The molecular weight excluding hydrogens is 230 g/mol. The average Bonchev–Trinajstić information content (AvgIpc) is 2.27. The van der Waals surface area contributed by atoms with Crippen LogP contribution in [0.5, 0.6) is 0 Å². The Balaban J connectivity index is 2.83. The normalized spacial score (nSPS) is 26.5. The molecule has 1 saturated heterocycles. The molecule has 6 nitrogen and oxygen atoms in total. The first kappa shape index (κ1) is 13.4. The van der Waals surface area contributed by atoms with Gasteiger partial charge in [-0.05, 0) is 6.42 Å². The van der Waals surface area contributed by atoms with Gasteiger partial charge in [-0.2, -0.15) is 17.0 Å². The lowest BCUT2D eigenvalue weighted by Gasteiger charge is -2.33. The lowest BCUT2D eigenvalue weighted by atomic mass is 9.95. The summed E-state index contributed by atoms with van der Waals surface area (Å²) in [6.45, 7) is 2.74. The summed E-state index contributed by atoms with van der Waals surface area (Å²) in [5.74, 6) is 0.0217. The van der Waals surface area contributed by atoms with E-state index in [0.29, 0.717) is 25.2 Å². The molecule has 94 valence electrons. The van der Waals surface area contributed by atoms with Crippen molar-refractivity contribution < 1.29 is 13.6 Å². The smallest absolute Gasteiger partial charge is 0.281 e. The highest BCUT2D eigenvalue weighted by Crippen LogP contribution is 2.20. The van der Waals surface area contributed by atoms with Gasteiger partial charge in [-0.25, -0.2) is 0 Å². The van der Waals surface area contributed by atoms with Crippen molar-refractivity contribution in [3.8, 4) is 0 Å². The zero-order valence-electron chi connectivity index (χ0n) is 9.92. The first-order chi connectivity index (χ1) is 7.43. The average molecular weight is 249 g/mol. The Kier molecular flexibility index (Phi) is 4.28. The quantitative estimate of drug-likeness (QED) is 0.579. The van der Waals surface area contributed by atoms with E-state index in [1.54, 1.807) is 0 Å². The summed E-state index contributed by atoms with van der Waals surface area (Å²) in [5.41, 5.74) is 0.702. The van der Waals surface area contributed by atoms with Gasteiger partial charge in [0.2, 0.25) is 0 Å². The Labute approximate surface area is 96.7 Å². The molecule has 1 aliphatic rings. The summed E-state index contributed by atoms with van der Waals surface area (Å²) in [6.07, 6.45) is 1.28. The van der Waals surface area contributed by atoms with Crippen LogP contribution in [0.25, 0.3) is 0 Å². The molecule has 16 heavy (non-hydrogen) atoms. The van der Waals surface area contributed by atoms with Crippen LogP contribution in [-0.4, -0.2) is 55.1 Å². The van der Waals surface area contributed by atoms with Gasteiger partial charge in [-0.1, -0.05) is 12.1 Å². The Morgan fingerprint density at radius 2 is 2.19 bits per heavy atom. The molecule has 1 aliphatic heterocycles. The van der Waals surface area contributed by atoms with E-state index in [9.17, 15) is 8.42 Å². The Bertz CT molecular complexity index is 364. The fourth-order valence-electron chi connectivity index (χ4n) is 1.82. The van der Waals surface area contributed by atoms with Crippen LogP contribution in [0.3, 0.4) is 0 Å². The summed E-state index contributed by atoms with van der Waals surface area (Å²) in [4.78, 5) is 0. The van der Waals surface area contributed by atoms with E-state index in [0.717, 1.165) is 6.42 Å². The molecule has 1 rings (SSSR count). The molecule has 0 aromatic heterocycles. The van der Waals surface area contributed by atoms with E-state index in [1.165, 1.54) is 22.7 Å². The molecule has 0 aliphatic carbocycles. The van der Waals surface area contributed by atoms with Crippen molar-refractivity contribution in [2.24, 2.45) is 11.1 Å². The maximum atomic E-state index is 11.9. The lowest BCUT2D eigenvalue weighted by Crippen LogP contribution is -2.48. The van der Waals surface area contributed by atoms with Crippen molar-refractivity contribution in [2.45, 2.75) is 19.8 Å². The largest absolute Gasteiger partial charge is 0.411 e. The SMILES string of the molecule is CCC1CN(S(=O)(=O)N(C)C)CCC1=NO. The molecule has 1 unspecified atom stereocenters. The van der Waals surface area contributed by atoms with Gasteiger partial charge in [0.05, 0.1) is 5.71 Å². The van der Waals surface area contributed by atoms with Crippen LogP contribution < -0.4 is 0 Å². The third kappa shape index (κ3) is 2.53. The van der Waals surface area contributed by atoms with Crippen molar-refractivity contribution in [3.05, 3.63) is 0 Å². The van der Waals surface area contributed by atoms with Gasteiger partial charge in [-0.15, -0.1) is 0 Å². The van der Waals surface area contributed by atoms with Crippen LogP contribution in [0.15, 0.2) is 5.16 Å². The van der Waals surface area contributed by atoms with Crippen LogP contribution >= 0.6 is 0 Å². The van der Waals surface area contributed by atoms with Gasteiger partial charge in [0.25, 0.3) is 10.2 Å². The van der Waals surface area contributed by atoms with Gasteiger partial charge >= 0.3 is 0 Å². The second kappa shape index (κ2) is 5.11. The van der Waals surface area contributed by atoms with E-state index in [2.05, 4.69) is 5.16 Å². The molecule has 0 spiro atoms. The maximum Gasteiger partial charge on any atom is 0.281 e. The van der Waals surface area contributed by atoms with Crippen LogP contribution in [0, 0.1) is 5.92 Å². The Morgan fingerprint density at radius 3 is 2.62 bits per heavy atom. The fourth-order valence-corrected chi connectivity index (χ4v) is 2.97. The van der Waals surface area contributed by atoms with E-state index in [1.807, 2.05) is 6.92 Å². The van der Waals surface area contributed by atoms with E-state index in [-0.39, 0.29) is 5.92 Å². The molecule has 1 atom stereocenters. The number of oxime groups is 1. The van der Waals surface area contributed by atoms with Crippen molar-refractivity contribution in [2.75, 3.05) is 27.2 Å². The first-order valence-electron chi connectivity index (χ1n) is 5.31. The summed E-state index contributed by atoms with van der Waals surface area (Å²) in [5, 5.41) is 12.0. The highest BCUT2D eigenvalue weighted by atomic mass is 32.2. The van der Waals surface area contributed by atoms with Gasteiger partial charge < -0.3 is 5.21 Å². The third-order valence-corrected chi connectivity index (χ3v) is 4.83. The molecule has 0 aromatic rings. The molecule has 0 amide bonds. The van der Waals surface area contributed by atoms with Crippen molar-refractivity contribution in [1.82, 2.24) is 8.61 Å². The Morgan fingerprint density at radius 1 is 1.56 bits per heavy atom. The molecule has 1 N–H and O–H groups in total. The van der Waals surface area contributed by atoms with Crippen molar-refractivity contribution in [1.29, 1.82) is 0 Å². The molecule has 1 fully saturated rings. The minimum Gasteiger partial charge on any atom is -0.411 e. The molecular formula is C9H19N3O3S. The highest BCUT2D eigenvalue weighted by molar-refractivity contribution is 7.86. The number of nitrogens with zero attached hydrogens (tertiary/aromatic N) is 3. The second-order valence-electron chi connectivity index (χ2n) is 4.09. The van der Waals surface area contributed by atoms with E-state index < -0.39 is 10.2 Å². The predicted molar refractivity (Wildman–Crippen MR) is 61.8 cm³/mol. The monoisotopic (exact) mass is 249 g/mol. The van der Waals surface area contributed by atoms with Crippen molar-refractivity contribution in [3.63, 3.8) is 0 Å². The highest BCUT2D eigenvalue weighted by Gasteiger charge is 2.32. The zero-order valence-corrected chi connectivity index (χ0v) is 10.7. The minimum atomic E-state index is -3.34. The standard InChI is InChI=1S/C9H19N3O3S/c1-4-8-7-12(6-5-9(8)10-13)16(14,15)11(2)3/h8,13H,4-7H2,1-3H3. The third-order valence-electron chi connectivity index (χ3n) is 2.92. The summed E-state index contributed by atoms with van der Waals surface area (Å²) in [7, 11) is -0.305. The lowest BCUT2D eigenvalue weighted by molar-refractivity contribution is 0.291. The van der Waals surface area contributed by atoms with Gasteiger partial charge in [-0.3, -0.25) is 0 Å².